The van der Waals surface area contributed by atoms with Crippen molar-refractivity contribution in [2.75, 3.05) is 6.61 Å². The van der Waals surface area contributed by atoms with Crippen molar-refractivity contribution < 1.29 is 18.7 Å². The summed E-state index contributed by atoms with van der Waals surface area (Å²) in [6, 6.07) is 19.5. The molecular formula is C25H17ClFNO3. The first-order valence-electron chi connectivity index (χ1n) is 9.54. The number of halogens is 2. The topological polar surface area (TPSA) is 56.3 Å². The van der Waals surface area contributed by atoms with Crippen molar-refractivity contribution in [2.24, 2.45) is 0 Å². The minimum atomic E-state index is -0.635. The first-order chi connectivity index (χ1) is 14.9. The molecule has 4 aromatic rings. The van der Waals surface area contributed by atoms with Gasteiger partial charge in [0.1, 0.15) is 5.82 Å². The third-order valence-corrected chi connectivity index (χ3v) is 5.08. The molecule has 0 aliphatic rings. The summed E-state index contributed by atoms with van der Waals surface area (Å²) in [4.78, 5) is 29.9. The van der Waals surface area contributed by atoms with E-state index in [9.17, 15) is 14.0 Å². The molecule has 0 amide bonds. The summed E-state index contributed by atoms with van der Waals surface area (Å²) in [5.74, 6) is -1.49. The van der Waals surface area contributed by atoms with Crippen LogP contribution < -0.4 is 0 Å². The number of nitrogens with zero attached hydrogens (tertiary/aromatic N) is 1. The summed E-state index contributed by atoms with van der Waals surface area (Å²) in [5.41, 5.74) is 3.56. The lowest BCUT2D eigenvalue weighted by Gasteiger charge is -2.11. The lowest BCUT2D eigenvalue weighted by Crippen LogP contribution is -2.15. The second kappa shape index (κ2) is 8.66. The van der Waals surface area contributed by atoms with Gasteiger partial charge in [-0.1, -0.05) is 35.4 Å². The number of carbonyl (C=O) groups is 2. The smallest absolute Gasteiger partial charge is 0.339 e. The second-order valence-electron chi connectivity index (χ2n) is 7.09. The van der Waals surface area contributed by atoms with Crippen LogP contribution in [0.1, 0.15) is 26.3 Å². The van der Waals surface area contributed by atoms with Gasteiger partial charge in [0.15, 0.2) is 12.4 Å². The molecule has 1 aromatic heterocycles. The van der Waals surface area contributed by atoms with E-state index in [1.807, 2.05) is 37.3 Å². The standard InChI is InChI=1S/C25H17ClFNO3/c1-15-2-11-22-20(12-15)21(13-23(28-22)16-3-7-18(26)8-4-16)25(30)31-14-24(29)17-5-9-19(27)10-6-17/h2-13H,14H2,1H3. The molecule has 0 bridgehead atoms. The van der Waals surface area contributed by atoms with Gasteiger partial charge >= 0.3 is 5.97 Å². The highest BCUT2D eigenvalue weighted by atomic mass is 35.5. The van der Waals surface area contributed by atoms with Gasteiger partial charge in [-0.2, -0.15) is 0 Å². The van der Waals surface area contributed by atoms with E-state index in [-0.39, 0.29) is 5.56 Å². The average molecular weight is 434 g/mol. The zero-order valence-electron chi connectivity index (χ0n) is 16.6. The van der Waals surface area contributed by atoms with Crippen LogP contribution in [0.3, 0.4) is 0 Å². The predicted octanol–water partition coefficient (Wildman–Crippen LogP) is 6.04. The number of fused-ring (bicyclic) bond motifs is 1. The van der Waals surface area contributed by atoms with Gasteiger partial charge < -0.3 is 4.74 Å². The van der Waals surface area contributed by atoms with Crippen molar-refractivity contribution in [3.05, 3.63) is 100 Å². The van der Waals surface area contributed by atoms with Crippen LogP contribution in [-0.4, -0.2) is 23.3 Å². The number of aromatic nitrogens is 1. The van der Waals surface area contributed by atoms with E-state index in [4.69, 9.17) is 16.3 Å². The van der Waals surface area contributed by atoms with Gasteiger partial charge in [-0.25, -0.2) is 14.2 Å². The Kier molecular flexibility index (Phi) is 5.78. The van der Waals surface area contributed by atoms with Gasteiger partial charge in [0.05, 0.1) is 16.8 Å². The molecule has 31 heavy (non-hydrogen) atoms. The molecule has 6 heteroatoms. The molecule has 0 N–H and O–H groups in total. The minimum Gasteiger partial charge on any atom is -0.454 e. The molecule has 0 atom stereocenters. The maximum atomic E-state index is 13.1. The molecular weight excluding hydrogens is 417 g/mol. The second-order valence-corrected chi connectivity index (χ2v) is 7.53. The van der Waals surface area contributed by atoms with E-state index in [2.05, 4.69) is 4.98 Å². The summed E-state index contributed by atoms with van der Waals surface area (Å²) in [5, 5.41) is 1.23. The molecule has 0 saturated carbocycles. The number of pyridine rings is 1. The molecule has 4 rings (SSSR count). The van der Waals surface area contributed by atoms with E-state index in [1.54, 1.807) is 18.2 Å². The third-order valence-electron chi connectivity index (χ3n) is 4.82. The Morgan fingerprint density at radius 1 is 0.968 bits per heavy atom. The number of ketones is 1. The van der Waals surface area contributed by atoms with Crippen LogP contribution in [0.4, 0.5) is 4.39 Å². The van der Waals surface area contributed by atoms with Gasteiger partial charge in [-0.05, 0) is 61.5 Å². The lowest BCUT2D eigenvalue weighted by molar-refractivity contribution is 0.0476. The number of rotatable bonds is 5. The van der Waals surface area contributed by atoms with Gasteiger partial charge in [0.25, 0.3) is 0 Å². The van der Waals surface area contributed by atoms with E-state index in [0.29, 0.717) is 27.2 Å². The quantitative estimate of drug-likeness (QED) is 0.284. The summed E-state index contributed by atoms with van der Waals surface area (Å²) in [7, 11) is 0. The number of esters is 1. The largest absolute Gasteiger partial charge is 0.454 e. The Bertz CT molecular complexity index is 1280. The molecule has 0 saturated heterocycles. The zero-order chi connectivity index (χ0) is 22.0. The first-order valence-corrected chi connectivity index (χ1v) is 9.92. The first kappa shape index (κ1) is 20.7. The van der Waals surface area contributed by atoms with Crippen LogP contribution >= 0.6 is 11.6 Å². The van der Waals surface area contributed by atoms with E-state index >= 15 is 0 Å². The molecule has 3 aromatic carbocycles. The van der Waals surface area contributed by atoms with Crippen molar-refractivity contribution in [1.82, 2.24) is 4.98 Å². The fourth-order valence-electron chi connectivity index (χ4n) is 3.20. The fraction of sp³-hybridized carbons (Fsp3) is 0.0800. The molecule has 0 unspecified atom stereocenters. The van der Waals surface area contributed by atoms with Crippen molar-refractivity contribution in [2.45, 2.75) is 6.92 Å². The molecule has 154 valence electrons. The average Bonchev–Trinajstić information content (AvgIpc) is 2.77. The Morgan fingerprint density at radius 2 is 1.68 bits per heavy atom. The summed E-state index contributed by atoms with van der Waals surface area (Å²) >= 11 is 5.98. The zero-order valence-corrected chi connectivity index (χ0v) is 17.3. The monoisotopic (exact) mass is 433 g/mol. The van der Waals surface area contributed by atoms with Crippen LogP contribution in [0.2, 0.25) is 5.02 Å². The van der Waals surface area contributed by atoms with Crippen LogP contribution in [0, 0.1) is 12.7 Å². The Balaban J connectivity index is 1.66. The highest BCUT2D eigenvalue weighted by Crippen LogP contribution is 2.27. The van der Waals surface area contributed by atoms with Crippen LogP contribution in [0.15, 0.2) is 72.8 Å². The molecule has 0 radical (unpaired) electrons. The number of benzene rings is 3. The van der Waals surface area contributed by atoms with E-state index < -0.39 is 24.2 Å². The minimum absolute atomic E-state index is 0.270. The Labute approximate surface area is 183 Å². The van der Waals surface area contributed by atoms with Crippen molar-refractivity contribution in [3.8, 4) is 11.3 Å². The summed E-state index contributed by atoms with van der Waals surface area (Å²) < 4.78 is 18.4. The molecule has 0 aliphatic carbocycles. The maximum absolute atomic E-state index is 13.1. The number of ether oxygens (including phenoxy) is 1. The highest BCUT2D eigenvalue weighted by Gasteiger charge is 2.17. The van der Waals surface area contributed by atoms with Crippen LogP contribution in [-0.2, 0) is 4.74 Å². The summed E-state index contributed by atoms with van der Waals surface area (Å²) in [6.07, 6.45) is 0. The van der Waals surface area contributed by atoms with Crippen LogP contribution in [0.5, 0.6) is 0 Å². The number of aryl methyl sites for hydroxylation is 1. The van der Waals surface area contributed by atoms with Gasteiger partial charge in [-0.15, -0.1) is 0 Å². The number of hydrogen-bond acceptors (Lipinski definition) is 4. The number of carbonyl (C=O) groups excluding carboxylic acids is 2. The van der Waals surface area contributed by atoms with Crippen molar-refractivity contribution in [3.63, 3.8) is 0 Å². The number of Topliss-reactive ketones (excluding diaryl/α,β-unsaturated/α-hetero) is 1. The van der Waals surface area contributed by atoms with Crippen LogP contribution in [0.25, 0.3) is 22.2 Å². The molecule has 1 heterocycles. The normalized spacial score (nSPS) is 10.8. The molecule has 0 aliphatic heterocycles. The van der Waals surface area contributed by atoms with E-state index in [0.717, 1.165) is 11.1 Å². The Morgan fingerprint density at radius 3 is 2.39 bits per heavy atom. The molecule has 0 spiro atoms. The van der Waals surface area contributed by atoms with Gasteiger partial charge in [0.2, 0.25) is 0 Å². The van der Waals surface area contributed by atoms with E-state index in [1.165, 1.54) is 24.3 Å². The maximum Gasteiger partial charge on any atom is 0.339 e. The van der Waals surface area contributed by atoms with Crippen molar-refractivity contribution >= 4 is 34.3 Å². The van der Waals surface area contributed by atoms with Gasteiger partial charge in [0, 0.05) is 21.5 Å². The third kappa shape index (κ3) is 4.62. The lowest BCUT2D eigenvalue weighted by atomic mass is 10.0. The fourth-order valence-corrected chi connectivity index (χ4v) is 3.33. The summed E-state index contributed by atoms with van der Waals surface area (Å²) in [6.45, 7) is 1.47. The highest BCUT2D eigenvalue weighted by molar-refractivity contribution is 6.30. The molecule has 0 fully saturated rings. The van der Waals surface area contributed by atoms with Gasteiger partial charge in [-0.3, -0.25) is 4.79 Å². The van der Waals surface area contributed by atoms with Crippen molar-refractivity contribution in [1.29, 1.82) is 0 Å². The predicted molar refractivity (Wildman–Crippen MR) is 118 cm³/mol. The Hall–Kier alpha value is -3.57. The number of hydrogen-bond donors (Lipinski definition) is 0. The molecule has 4 nitrogen and oxygen atoms in total. The SMILES string of the molecule is Cc1ccc2nc(-c3ccc(Cl)cc3)cc(C(=O)OCC(=O)c3ccc(F)cc3)c2c1.